The average Bonchev–Trinajstić information content (AvgIpc) is 2.39. The van der Waals surface area contributed by atoms with Crippen LogP contribution < -0.4 is 16.6 Å². The first kappa shape index (κ1) is 12.9. The van der Waals surface area contributed by atoms with E-state index in [0.717, 1.165) is 23.7 Å². The van der Waals surface area contributed by atoms with E-state index in [0.29, 0.717) is 12.3 Å². The summed E-state index contributed by atoms with van der Waals surface area (Å²) in [6.07, 6.45) is 7.26. The molecule has 0 spiro atoms. The van der Waals surface area contributed by atoms with Gasteiger partial charge in [0.2, 0.25) is 5.91 Å². The van der Waals surface area contributed by atoms with Gasteiger partial charge >= 0.3 is 0 Å². The van der Waals surface area contributed by atoms with E-state index in [4.69, 9.17) is 5.73 Å². The topological polar surface area (TPSA) is 84.2 Å². The Morgan fingerprint density at radius 2 is 1.42 bits per heavy atom. The fourth-order valence-corrected chi connectivity index (χ4v) is 4.83. The number of carbonyl (C=O) groups is 2. The van der Waals surface area contributed by atoms with E-state index >= 15 is 0 Å². The molecule has 5 heteroatoms. The Balaban J connectivity index is 1.52. The molecule has 5 nitrogen and oxygen atoms in total. The first-order valence-electron chi connectivity index (χ1n) is 7.43. The average molecular weight is 265 g/mol. The molecule has 4 aliphatic carbocycles. The number of amides is 2. The number of nitrogens with one attached hydrogen (secondary N) is 2. The Hall–Kier alpha value is -1.10. The molecule has 0 aliphatic heterocycles. The quantitative estimate of drug-likeness (QED) is 0.652. The SMILES string of the molecule is NCC(=O)NNC(=O)CC1C2CC3CC(C2)CC1C3. The molecule has 0 aromatic heterocycles. The second kappa shape index (κ2) is 5.12. The minimum absolute atomic E-state index is 0.0701. The molecule has 4 fully saturated rings. The molecule has 4 aliphatic rings. The van der Waals surface area contributed by atoms with Gasteiger partial charge in [-0.3, -0.25) is 20.4 Å². The summed E-state index contributed by atoms with van der Waals surface area (Å²) in [6.45, 7) is -0.0989. The third-order valence-corrected chi connectivity index (χ3v) is 5.37. The van der Waals surface area contributed by atoms with Crippen LogP contribution in [0.15, 0.2) is 0 Å². The highest BCUT2D eigenvalue weighted by atomic mass is 16.2. The summed E-state index contributed by atoms with van der Waals surface area (Å²) >= 11 is 0. The Labute approximate surface area is 113 Å². The van der Waals surface area contributed by atoms with Gasteiger partial charge in [0.15, 0.2) is 0 Å². The summed E-state index contributed by atoms with van der Waals surface area (Å²) in [7, 11) is 0. The third-order valence-electron chi connectivity index (χ3n) is 5.37. The lowest BCUT2D eigenvalue weighted by atomic mass is 9.51. The molecule has 0 saturated heterocycles. The molecular formula is C14H23N3O2. The number of carbonyl (C=O) groups excluding carboxylic acids is 2. The Bertz CT molecular complexity index is 355. The van der Waals surface area contributed by atoms with Crippen molar-refractivity contribution in [2.75, 3.05) is 6.54 Å². The fraction of sp³-hybridized carbons (Fsp3) is 0.857. The van der Waals surface area contributed by atoms with E-state index in [1.807, 2.05) is 0 Å². The molecule has 19 heavy (non-hydrogen) atoms. The van der Waals surface area contributed by atoms with Gasteiger partial charge in [0, 0.05) is 6.42 Å². The number of hydrazine groups is 1. The Morgan fingerprint density at radius 3 is 1.95 bits per heavy atom. The minimum Gasteiger partial charge on any atom is -0.322 e. The zero-order valence-electron chi connectivity index (χ0n) is 11.2. The molecule has 0 heterocycles. The molecule has 4 bridgehead atoms. The van der Waals surface area contributed by atoms with Crippen LogP contribution in [0.3, 0.4) is 0 Å². The zero-order chi connectivity index (χ0) is 13.4. The molecule has 0 unspecified atom stereocenters. The van der Waals surface area contributed by atoms with Gasteiger partial charge in [-0.25, -0.2) is 0 Å². The van der Waals surface area contributed by atoms with Gasteiger partial charge < -0.3 is 5.73 Å². The monoisotopic (exact) mass is 265 g/mol. The highest BCUT2D eigenvalue weighted by Crippen LogP contribution is 2.57. The van der Waals surface area contributed by atoms with Crippen LogP contribution in [0.25, 0.3) is 0 Å². The molecule has 0 aromatic carbocycles. The molecule has 0 radical (unpaired) electrons. The van der Waals surface area contributed by atoms with Gasteiger partial charge in [-0.15, -0.1) is 0 Å². The van der Waals surface area contributed by atoms with Crippen LogP contribution in [0.1, 0.15) is 38.5 Å². The lowest BCUT2D eigenvalue weighted by Crippen LogP contribution is -2.49. The summed E-state index contributed by atoms with van der Waals surface area (Å²) in [6, 6.07) is 0. The summed E-state index contributed by atoms with van der Waals surface area (Å²) in [4.78, 5) is 22.9. The number of rotatable bonds is 3. The smallest absolute Gasteiger partial charge is 0.252 e. The van der Waals surface area contributed by atoms with E-state index in [2.05, 4.69) is 10.9 Å². The van der Waals surface area contributed by atoms with Crippen LogP contribution in [0.5, 0.6) is 0 Å². The van der Waals surface area contributed by atoms with E-state index in [1.54, 1.807) is 0 Å². The molecule has 0 atom stereocenters. The van der Waals surface area contributed by atoms with Crippen molar-refractivity contribution in [3.8, 4) is 0 Å². The van der Waals surface area contributed by atoms with E-state index in [1.165, 1.54) is 32.1 Å². The van der Waals surface area contributed by atoms with Crippen LogP contribution >= 0.6 is 0 Å². The zero-order valence-corrected chi connectivity index (χ0v) is 11.2. The predicted octanol–water partition coefficient (Wildman–Crippen LogP) is 0.555. The number of hydrogen-bond acceptors (Lipinski definition) is 3. The Kier molecular flexibility index (Phi) is 3.48. The van der Waals surface area contributed by atoms with Crippen molar-refractivity contribution in [1.82, 2.24) is 10.9 Å². The standard InChI is InChI=1S/C14H23N3O2/c15-7-14(19)17-16-13(18)6-12-10-2-8-1-9(4-10)5-11(12)3-8/h8-12H,1-7,15H2,(H,16,18)(H,17,19). The second-order valence-electron chi connectivity index (χ2n) is 6.60. The number of nitrogens with two attached hydrogens (primary N) is 1. The van der Waals surface area contributed by atoms with E-state index in [-0.39, 0.29) is 18.4 Å². The molecule has 4 N–H and O–H groups in total. The van der Waals surface area contributed by atoms with Crippen molar-refractivity contribution >= 4 is 11.8 Å². The summed E-state index contributed by atoms with van der Waals surface area (Å²) < 4.78 is 0. The molecule has 4 saturated carbocycles. The van der Waals surface area contributed by atoms with Crippen LogP contribution in [0.4, 0.5) is 0 Å². The van der Waals surface area contributed by atoms with Gasteiger partial charge in [0.1, 0.15) is 0 Å². The lowest BCUT2D eigenvalue weighted by Gasteiger charge is -2.54. The molecule has 106 valence electrons. The van der Waals surface area contributed by atoms with Crippen LogP contribution in [-0.2, 0) is 9.59 Å². The van der Waals surface area contributed by atoms with Crippen molar-refractivity contribution in [3.05, 3.63) is 0 Å². The maximum absolute atomic E-state index is 11.9. The van der Waals surface area contributed by atoms with E-state index in [9.17, 15) is 9.59 Å². The van der Waals surface area contributed by atoms with Crippen LogP contribution in [-0.4, -0.2) is 18.4 Å². The van der Waals surface area contributed by atoms with Crippen molar-refractivity contribution in [2.45, 2.75) is 38.5 Å². The summed E-state index contributed by atoms with van der Waals surface area (Å²) in [5.74, 6) is 3.46. The van der Waals surface area contributed by atoms with Gasteiger partial charge in [-0.1, -0.05) is 0 Å². The first-order valence-corrected chi connectivity index (χ1v) is 7.43. The lowest BCUT2D eigenvalue weighted by molar-refractivity contribution is -0.131. The largest absolute Gasteiger partial charge is 0.322 e. The van der Waals surface area contributed by atoms with Crippen LogP contribution in [0.2, 0.25) is 0 Å². The molecule has 4 rings (SSSR count). The second-order valence-corrected chi connectivity index (χ2v) is 6.60. The van der Waals surface area contributed by atoms with E-state index < -0.39 is 0 Å². The Morgan fingerprint density at radius 1 is 0.895 bits per heavy atom. The minimum atomic E-state index is -0.349. The number of hydrogen-bond donors (Lipinski definition) is 3. The van der Waals surface area contributed by atoms with Gasteiger partial charge in [-0.2, -0.15) is 0 Å². The highest BCUT2D eigenvalue weighted by molar-refractivity contribution is 5.82. The normalized spacial score (nSPS) is 39.1. The van der Waals surface area contributed by atoms with Crippen molar-refractivity contribution < 1.29 is 9.59 Å². The van der Waals surface area contributed by atoms with Crippen molar-refractivity contribution in [1.29, 1.82) is 0 Å². The molecular weight excluding hydrogens is 242 g/mol. The highest BCUT2D eigenvalue weighted by Gasteiger charge is 2.48. The van der Waals surface area contributed by atoms with Crippen molar-refractivity contribution in [2.24, 2.45) is 35.3 Å². The first-order chi connectivity index (χ1) is 9.15. The van der Waals surface area contributed by atoms with Gasteiger partial charge in [0.25, 0.3) is 5.91 Å². The van der Waals surface area contributed by atoms with Gasteiger partial charge in [0.05, 0.1) is 6.54 Å². The van der Waals surface area contributed by atoms with Gasteiger partial charge in [-0.05, 0) is 61.7 Å². The molecule has 0 aromatic rings. The molecule has 2 amide bonds. The maximum atomic E-state index is 11.9. The van der Waals surface area contributed by atoms with Crippen molar-refractivity contribution in [3.63, 3.8) is 0 Å². The predicted molar refractivity (Wildman–Crippen MR) is 70.5 cm³/mol. The third kappa shape index (κ3) is 2.61. The fourth-order valence-electron chi connectivity index (χ4n) is 4.83. The summed E-state index contributed by atoms with van der Waals surface area (Å²) in [5, 5.41) is 0. The van der Waals surface area contributed by atoms with Crippen LogP contribution in [0, 0.1) is 29.6 Å². The summed E-state index contributed by atoms with van der Waals surface area (Å²) in [5.41, 5.74) is 9.99. The maximum Gasteiger partial charge on any atom is 0.252 e.